The van der Waals surface area contributed by atoms with E-state index in [2.05, 4.69) is 20.6 Å². The maximum Gasteiger partial charge on any atom is 0.205 e. The van der Waals surface area contributed by atoms with Crippen LogP contribution in [-0.4, -0.2) is 20.0 Å². The van der Waals surface area contributed by atoms with E-state index in [0.29, 0.717) is 0 Å². The SMILES string of the molecule is Cn1nccc1CNc1nncs1. The van der Waals surface area contributed by atoms with Crippen LogP contribution >= 0.6 is 11.3 Å². The third kappa shape index (κ3) is 1.83. The normalized spacial score (nSPS) is 10.2. The van der Waals surface area contributed by atoms with Crippen molar-refractivity contribution in [2.45, 2.75) is 6.54 Å². The molecule has 0 saturated carbocycles. The lowest BCUT2D eigenvalue weighted by Gasteiger charge is -2.01. The Morgan fingerprint density at radius 2 is 2.54 bits per heavy atom. The smallest absolute Gasteiger partial charge is 0.205 e. The number of anilines is 1. The van der Waals surface area contributed by atoms with Gasteiger partial charge < -0.3 is 5.32 Å². The minimum atomic E-state index is 0.728. The molecule has 6 heteroatoms. The first-order chi connectivity index (χ1) is 6.36. The van der Waals surface area contributed by atoms with Crippen LogP contribution in [0.15, 0.2) is 17.8 Å². The third-order valence-corrected chi connectivity index (χ3v) is 2.35. The molecule has 2 heterocycles. The summed E-state index contributed by atoms with van der Waals surface area (Å²) in [7, 11) is 1.91. The van der Waals surface area contributed by atoms with Gasteiger partial charge in [-0.05, 0) is 6.07 Å². The molecule has 0 aliphatic carbocycles. The summed E-state index contributed by atoms with van der Waals surface area (Å²) in [5.74, 6) is 0. The number of hydrogen-bond acceptors (Lipinski definition) is 5. The zero-order chi connectivity index (χ0) is 9.10. The number of nitrogens with one attached hydrogen (secondary N) is 1. The molecule has 68 valence electrons. The van der Waals surface area contributed by atoms with Crippen molar-refractivity contribution in [2.24, 2.45) is 7.05 Å². The van der Waals surface area contributed by atoms with Crippen molar-refractivity contribution in [1.82, 2.24) is 20.0 Å². The van der Waals surface area contributed by atoms with E-state index in [9.17, 15) is 0 Å². The van der Waals surface area contributed by atoms with E-state index in [0.717, 1.165) is 17.4 Å². The molecular formula is C7H9N5S. The molecule has 2 aromatic rings. The maximum atomic E-state index is 4.06. The van der Waals surface area contributed by atoms with Crippen LogP contribution in [0.5, 0.6) is 0 Å². The van der Waals surface area contributed by atoms with E-state index in [1.165, 1.54) is 11.3 Å². The summed E-state index contributed by atoms with van der Waals surface area (Å²) >= 11 is 1.49. The van der Waals surface area contributed by atoms with Gasteiger partial charge >= 0.3 is 0 Å². The first kappa shape index (κ1) is 8.18. The predicted octanol–water partition coefficient (Wildman–Crippen LogP) is 0.884. The van der Waals surface area contributed by atoms with E-state index in [1.54, 1.807) is 11.7 Å². The molecule has 0 radical (unpaired) electrons. The number of rotatable bonds is 3. The molecule has 0 unspecified atom stereocenters. The van der Waals surface area contributed by atoms with Gasteiger partial charge in [0.15, 0.2) is 0 Å². The lowest BCUT2D eigenvalue weighted by molar-refractivity contribution is 0.720. The number of aryl methyl sites for hydroxylation is 1. The molecule has 0 fully saturated rings. The maximum absolute atomic E-state index is 4.06. The van der Waals surface area contributed by atoms with E-state index < -0.39 is 0 Å². The molecule has 5 nitrogen and oxygen atoms in total. The fourth-order valence-corrected chi connectivity index (χ4v) is 1.43. The summed E-state index contributed by atoms with van der Waals surface area (Å²) in [5.41, 5.74) is 2.82. The van der Waals surface area contributed by atoms with Gasteiger partial charge in [0, 0.05) is 13.2 Å². The molecule has 0 spiro atoms. The van der Waals surface area contributed by atoms with Crippen LogP contribution in [-0.2, 0) is 13.6 Å². The average Bonchev–Trinajstić information content (AvgIpc) is 2.72. The molecule has 13 heavy (non-hydrogen) atoms. The van der Waals surface area contributed by atoms with E-state index >= 15 is 0 Å². The molecule has 0 aromatic carbocycles. The fourth-order valence-electron chi connectivity index (χ4n) is 0.991. The summed E-state index contributed by atoms with van der Waals surface area (Å²) < 4.78 is 1.83. The van der Waals surface area contributed by atoms with E-state index in [4.69, 9.17) is 0 Å². The van der Waals surface area contributed by atoms with Crippen molar-refractivity contribution in [1.29, 1.82) is 0 Å². The Hall–Kier alpha value is -1.43. The second kappa shape index (κ2) is 3.53. The van der Waals surface area contributed by atoms with Crippen LogP contribution in [0.4, 0.5) is 5.13 Å². The summed E-state index contributed by atoms with van der Waals surface area (Å²) in [6, 6.07) is 1.97. The first-order valence-electron chi connectivity index (χ1n) is 3.83. The Labute approximate surface area is 79.4 Å². The van der Waals surface area contributed by atoms with Crippen molar-refractivity contribution in [3.8, 4) is 0 Å². The zero-order valence-electron chi connectivity index (χ0n) is 7.14. The standard InChI is InChI=1S/C7H9N5S/c1-12-6(2-3-10-12)4-8-7-11-9-5-13-7/h2-3,5H,4H2,1H3,(H,8,11). The Bertz CT molecular complexity index is 366. The lowest BCUT2D eigenvalue weighted by Crippen LogP contribution is -2.05. The van der Waals surface area contributed by atoms with Gasteiger partial charge in [-0.3, -0.25) is 4.68 Å². The monoisotopic (exact) mass is 195 g/mol. The van der Waals surface area contributed by atoms with Crippen LogP contribution in [0.3, 0.4) is 0 Å². The van der Waals surface area contributed by atoms with Gasteiger partial charge in [0.25, 0.3) is 0 Å². The van der Waals surface area contributed by atoms with Gasteiger partial charge in [0.1, 0.15) is 5.51 Å². The second-order valence-electron chi connectivity index (χ2n) is 2.54. The average molecular weight is 195 g/mol. The molecular weight excluding hydrogens is 186 g/mol. The lowest BCUT2D eigenvalue weighted by atomic mass is 10.4. The quantitative estimate of drug-likeness (QED) is 0.790. The fraction of sp³-hybridized carbons (Fsp3) is 0.286. The largest absolute Gasteiger partial charge is 0.354 e. The molecule has 0 saturated heterocycles. The number of hydrogen-bond donors (Lipinski definition) is 1. The Morgan fingerprint density at radius 1 is 1.62 bits per heavy atom. The van der Waals surface area contributed by atoms with E-state index in [1.807, 2.05) is 17.8 Å². The molecule has 0 aliphatic rings. The van der Waals surface area contributed by atoms with Gasteiger partial charge in [-0.25, -0.2) is 0 Å². The Balaban J connectivity index is 1.97. The molecule has 1 N–H and O–H groups in total. The topological polar surface area (TPSA) is 55.6 Å². The Kier molecular flexibility index (Phi) is 2.22. The van der Waals surface area contributed by atoms with Crippen LogP contribution < -0.4 is 5.32 Å². The van der Waals surface area contributed by atoms with Crippen molar-refractivity contribution in [3.63, 3.8) is 0 Å². The first-order valence-corrected chi connectivity index (χ1v) is 4.71. The highest BCUT2D eigenvalue weighted by Gasteiger charge is 1.99. The van der Waals surface area contributed by atoms with Crippen molar-refractivity contribution in [3.05, 3.63) is 23.5 Å². The number of nitrogens with zero attached hydrogens (tertiary/aromatic N) is 4. The third-order valence-electron chi connectivity index (χ3n) is 1.70. The minimum Gasteiger partial charge on any atom is -0.354 e. The second-order valence-corrected chi connectivity index (χ2v) is 3.38. The minimum absolute atomic E-state index is 0.728. The molecule has 0 atom stereocenters. The van der Waals surface area contributed by atoms with Crippen LogP contribution in [0.2, 0.25) is 0 Å². The van der Waals surface area contributed by atoms with Crippen LogP contribution in [0.25, 0.3) is 0 Å². The van der Waals surface area contributed by atoms with E-state index in [-0.39, 0.29) is 0 Å². The van der Waals surface area contributed by atoms with Crippen molar-refractivity contribution < 1.29 is 0 Å². The zero-order valence-corrected chi connectivity index (χ0v) is 7.95. The van der Waals surface area contributed by atoms with Gasteiger partial charge in [-0.15, -0.1) is 10.2 Å². The predicted molar refractivity (Wildman–Crippen MR) is 50.4 cm³/mol. The van der Waals surface area contributed by atoms with Crippen molar-refractivity contribution >= 4 is 16.5 Å². The number of aromatic nitrogens is 4. The molecule has 2 aromatic heterocycles. The molecule has 0 amide bonds. The van der Waals surface area contributed by atoms with Gasteiger partial charge in [0.05, 0.1) is 12.2 Å². The summed E-state index contributed by atoms with van der Waals surface area (Å²) in [6.07, 6.45) is 1.77. The summed E-state index contributed by atoms with van der Waals surface area (Å²) in [6.45, 7) is 0.728. The summed E-state index contributed by atoms with van der Waals surface area (Å²) in [5, 5.41) is 15.6. The van der Waals surface area contributed by atoms with Gasteiger partial charge in [-0.1, -0.05) is 11.3 Å². The highest BCUT2D eigenvalue weighted by molar-refractivity contribution is 7.13. The molecule has 0 aliphatic heterocycles. The molecule has 0 bridgehead atoms. The highest BCUT2D eigenvalue weighted by Crippen LogP contribution is 2.09. The van der Waals surface area contributed by atoms with Gasteiger partial charge in [-0.2, -0.15) is 5.10 Å². The van der Waals surface area contributed by atoms with Crippen LogP contribution in [0.1, 0.15) is 5.69 Å². The Morgan fingerprint density at radius 3 is 3.15 bits per heavy atom. The summed E-state index contributed by atoms with van der Waals surface area (Å²) in [4.78, 5) is 0. The highest BCUT2D eigenvalue weighted by atomic mass is 32.1. The van der Waals surface area contributed by atoms with Crippen LogP contribution in [0, 0.1) is 0 Å². The van der Waals surface area contributed by atoms with Crippen molar-refractivity contribution in [2.75, 3.05) is 5.32 Å². The van der Waals surface area contributed by atoms with Gasteiger partial charge in [0.2, 0.25) is 5.13 Å². The molecule has 2 rings (SSSR count).